The third kappa shape index (κ3) is 4.59. The van der Waals surface area contributed by atoms with Gasteiger partial charge in [0.2, 0.25) is 0 Å². The van der Waals surface area contributed by atoms with Crippen LogP contribution in [0.2, 0.25) is 0 Å². The summed E-state index contributed by atoms with van der Waals surface area (Å²) in [5, 5.41) is 3.32. The summed E-state index contributed by atoms with van der Waals surface area (Å²) in [5.74, 6) is 1.14. The van der Waals surface area contributed by atoms with Crippen LogP contribution < -0.4 is 14.8 Å². The first-order valence-corrected chi connectivity index (χ1v) is 10.9. The topological polar surface area (TPSA) is 56.8 Å². The number of ether oxygens (including phenoxy) is 3. The number of benzene rings is 3. The number of amides is 1. The molecule has 0 fully saturated rings. The average molecular weight is 452 g/mol. The van der Waals surface area contributed by atoms with Gasteiger partial charge in [-0.1, -0.05) is 18.2 Å². The quantitative estimate of drug-likeness (QED) is 0.327. The van der Waals surface area contributed by atoms with Crippen molar-refractivity contribution in [3.63, 3.8) is 0 Å². The molecule has 1 N–H and O–H groups in total. The summed E-state index contributed by atoms with van der Waals surface area (Å²) in [6, 6.07) is 19.2. The van der Waals surface area contributed by atoms with Crippen LogP contribution in [0.3, 0.4) is 0 Å². The molecule has 0 atom stereocenters. The van der Waals surface area contributed by atoms with Gasteiger partial charge in [-0.25, -0.2) is 4.39 Å². The van der Waals surface area contributed by atoms with Crippen molar-refractivity contribution in [3.05, 3.63) is 83.0 Å². The summed E-state index contributed by atoms with van der Waals surface area (Å²) < 4.78 is 31.8. The first-order valence-electron chi connectivity index (χ1n) is 10.1. The molecule has 0 aliphatic rings. The summed E-state index contributed by atoms with van der Waals surface area (Å²) in [7, 11) is 1.52. The van der Waals surface area contributed by atoms with E-state index in [4.69, 9.17) is 14.2 Å². The number of halogens is 1. The van der Waals surface area contributed by atoms with Gasteiger partial charge in [0, 0.05) is 22.8 Å². The summed E-state index contributed by atoms with van der Waals surface area (Å²) in [6.07, 6.45) is 0. The zero-order valence-corrected chi connectivity index (χ0v) is 18.5. The Bertz CT molecular complexity index is 1240. The van der Waals surface area contributed by atoms with E-state index < -0.39 is 0 Å². The number of methoxy groups -OCH3 is 1. The van der Waals surface area contributed by atoms with E-state index in [0.717, 1.165) is 5.75 Å². The van der Waals surface area contributed by atoms with Gasteiger partial charge in [0.05, 0.1) is 23.8 Å². The van der Waals surface area contributed by atoms with Gasteiger partial charge in [0.15, 0.2) is 5.75 Å². The van der Waals surface area contributed by atoms with Crippen molar-refractivity contribution in [2.24, 2.45) is 0 Å². The Labute approximate surface area is 189 Å². The largest absolute Gasteiger partial charge is 0.494 e. The number of nitrogens with one attached hydrogen (secondary N) is 1. The Morgan fingerprint density at radius 3 is 2.50 bits per heavy atom. The SMILES string of the molecule is CCOc1ccc(Oc2ccccc2NC(=O)c2sc3cccc(F)c3c2COC)cc1. The molecule has 7 heteroatoms. The predicted molar refractivity (Wildman–Crippen MR) is 125 cm³/mol. The molecule has 0 saturated heterocycles. The fourth-order valence-electron chi connectivity index (χ4n) is 3.37. The van der Waals surface area contributed by atoms with E-state index >= 15 is 0 Å². The lowest BCUT2D eigenvalue weighted by Gasteiger charge is -2.13. The summed E-state index contributed by atoms with van der Waals surface area (Å²) in [5.41, 5.74) is 1.04. The zero-order chi connectivity index (χ0) is 22.5. The monoisotopic (exact) mass is 451 g/mol. The van der Waals surface area contributed by atoms with Crippen molar-refractivity contribution < 1.29 is 23.4 Å². The highest BCUT2D eigenvalue weighted by Gasteiger charge is 2.21. The molecule has 164 valence electrons. The zero-order valence-electron chi connectivity index (χ0n) is 17.7. The van der Waals surface area contributed by atoms with Crippen molar-refractivity contribution in [3.8, 4) is 17.2 Å². The lowest BCUT2D eigenvalue weighted by Crippen LogP contribution is -2.13. The summed E-state index contributed by atoms with van der Waals surface area (Å²) >= 11 is 1.23. The molecule has 0 bridgehead atoms. The van der Waals surface area contributed by atoms with Crippen LogP contribution >= 0.6 is 11.3 Å². The van der Waals surface area contributed by atoms with Crippen molar-refractivity contribution in [2.45, 2.75) is 13.5 Å². The molecule has 0 spiro atoms. The van der Waals surface area contributed by atoms with E-state index in [2.05, 4.69) is 5.32 Å². The third-order valence-electron chi connectivity index (χ3n) is 4.76. The molecule has 0 aliphatic heterocycles. The fraction of sp³-hybridized carbons (Fsp3) is 0.160. The van der Waals surface area contributed by atoms with Crippen LogP contribution in [-0.2, 0) is 11.3 Å². The van der Waals surface area contributed by atoms with Gasteiger partial charge in [-0.15, -0.1) is 11.3 Å². The molecule has 0 radical (unpaired) electrons. The molecule has 0 unspecified atom stereocenters. The molecular formula is C25H22FNO4S. The van der Waals surface area contributed by atoms with Gasteiger partial charge in [-0.3, -0.25) is 4.79 Å². The van der Waals surface area contributed by atoms with Crippen LogP contribution in [0, 0.1) is 5.82 Å². The maximum absolute atomic E-state index is 14.4. The van der Waals surface area contributed by atoms with Gasteiger partial charge in [-0.2, -0.15) is 0 Å². The van der Waals surface area contributed by atoms with Crippen molar-refractivity contribution >= 4 is 33.0 Å². The lowest BCUT2D eigenvalue weighted by molar-refractivity contribution is 0.102. The van der Waals surface area contributed by atoms with E-state index in [0.29, 0.717) is 44.3 Å². The Hall–Kier alpha value is -3.42. The number of para-hydroxylation sites is 2. The molecule has 4 aromatic rings. The summed E-state index contributed by atoms with van der Waals surface area (Å²) in [6.45, 7) is 2.64. The average Bonchev–Trinajstić information content (AvgIpc) is 3.17. The second kappa shape index (κ2) is 9.80. The number of hydrogen-bond donors (Lipinski definition) is 1. The molecule has 1 aromatic heterocycles. The number of thiophene rings is 1. The minimum absolute atomic E-state index is 0.133. The van der Waals surface area contributed by atoms with Crippen LogP contribution in [0.5, 0.6) is 17.2 Å². The summed E-state index contributed by atoms with van der Waals surface area (Å²) in [4.78, 5) is 13.6. The number of hydrogen-bond acceptors (Lipinski definition) is 5. The number of fused-ring (bicyclic) bond motifs is 1. The van der Waals surface area contributed by atoms with Crippen molar-refractivity contribution in [1.82, 2.24) is 0 Å². The van der Waals surface area contributed by atoms with Crippen LogP contribution in [0.15, 0.2) is 66.7 Å². The highest BCUT2D eigenvalue weighted by molar-refractivity contribution is 7.21. The number of carbonyl (C=O) groups is 1. The number of carbonyl (C=O) groups excluding carboxylic acids is 1. The van der Waals surface area contributed by atoms with Crippen molar-refractivity contribution in [2.75, 3.05) is 19.0 Å². The molecule has 4 rings (SSSR count). The Balaban J connectivity index is 1.61. The Kier molecular flexibility index (Phi) is 6.68. The molecule has 1 amide bonds. The second-order valence-electron chi connectivity index (χ2n) is 6.91. The Morgan fingerprint density at radius 1 is 1.00 bits per heavy atom. The smallest absolute Gasteiger partial charge is 0.266 e. The van der Waals surface area contributed by atoms with Gasteiger partial charge >= 0.3 is 0 Å². The number of anilines is 1. The molecule has 1 heterocycles. The highest BCUT2D eigenvalue weighted by Crippen LogP contribution is 2.36. The van der Waals surface area contributed by atoms with Gasteiger partial charge in [0.1, 0.15) is 17.3 Å². The standard InChI is InChI=1S/C25H22FNO4S/c1-3-30-16-11-13-17(14-12-16)31-21-9-5-4-8-20(21)27-25(28)24-18(15-29-2)23-19(26)7-6-10-22(23)32-24/h4-14H,3,15H2,1-2H3,(H,27,28). The van der Waals surface area contributed by atoms with Gasteiger partial charge in [0.25, 0.3) is 5.91 Å². The second-order valence-corrected chi connectivity index (χ2v) is 7.96. The maximum Gasteiger partial charge on any atom is 0.266 e. The van der Waals surface area contributed by atoms with Crippen LogP contribution in [0.4, 0.5) is 10.1 Å². The maximum atomic E-state index is 14.4. The Morgan fingerprint density at radius 2 is 1.75 bits per heavy atom. The first kappa shape index (κ1) is 21.8. The van der Waals surface area contributed by atoms with Gasteiger partial charge in [-0.05, 0) is 55.5 Å². The number of rotatable bonds is 8. The minimum atomic E-state index is -0.371. The molecule has 3 aromatic carbocycles. The molecule has 5 nitrogen and oxygen atoms in total. The normalized spacial score (nSPS) is 10.8. The fourth-order valence-corrected chi connectivity index (χ4v) is 4.49. The van der Waals surface area contributed by atoms with Crippen LogP contribution in [0.25, 0.3) is 10.1 Å². The van der Waals surface area contributed by atoms with Crippen LogP contribution in [-0.4, -0.2) is 19.6 Å². The lowest BCUT2D eigenvalue weighted by atomic mass is 10.1. The van der Waals surface area contributed by atoms with E-state index in [1.54, 1.807) is 42.5 Å². The molecule has 0 saturated carbocycles. The minimum Gasteiger partial charge on any atom is -0.494 e. The highest BCUT2D eigenvalue weighted by atomic mass is 32.1. The van der Waals surface area contributed by atoms with E-state index in [1.165, 1.54) is 24.5 Å². The van der Waals surface area contributed by atoms with Crippen LogP contribution in [0.1, 0.15) is 22.2 Å². The van der Waals surface area contributed by atoms with Gasteiger partial charge < -0.3 is 19.5 Å². The van der Waals surface area contributed by atoms with Crippen molar-refractivity contribution in [1.29, 1.82) is 0 Å². The van der Waals surface area contributed by atoms with E-state index in [1.807, 2.05) is 25.1 Å². The molecule has 32 heavy (non-hydrogen) atoms. The first-order chi connectivity index (χ1) is 15.6. The molecular weight excluding hydrogens is 429 g/mol. The predicted octanol–water partition coefficient (Wildman–Crippen LogP) is 6.63. The third-order valence-corrected chi connectivity index (χ3v) is 5.95. The van der Waals surface area contributed by atoms with E-state index in [9.17, 15) is 9.18 Å². The van der Waals surface area contributed by atoms with E-state index in [-0.39, 0.29) is 18.3 Å². The molecule has 0 aliphatic carbocycles.